The molecule has 1 N–H and O–H groups in total. The van der Waals surface area contributed by atoms with E-state index >= 15 is 0 Å². The average Bonchev–Trinajstić information content (AvgIpc) is 2.34. The Morgan fingerprint density at radius 3 is 2.18 bits per heavy atom. The fourth-order valence-corrected chi connectivity index (χ4v) is 1.86. The lowest BCUT2D eigenvalue weighted by molar-refractivity contribution is -0.0287. The molecule has 0 aromatic heterocycles. The van der Waals surface area contributed by atoms with E-state index in [1.807, 2.05) is 13.8 Å². The van der Waals surface area contributed by atoms with Crippen molar-refractivity contribution in [3.63, 3.8) is 0 Å². The van der Waals surface area contributed by atoms with E-state index < -0.39 is 5.60 Å². The zero-order valence-electron chi connectivity index (χ0n) is 12.0. The molecule has 4 heteroatoms. The van der Waals surface area contributed by atoms with Crippen molar-refractivity contribution in [3.8, 4) is 0 Å². The van der Waals surface area contributed by atoms with Crippen LogP contribution < -0.4 is 0 Å². The molecule has 0 aliphatic heterocycles. The summed E-state index contributed by atoms with van der Waals surface area (Å²) in [6.45, 7) is 9.02. The van der Waals surface area contributed by atoms with Crippen LogP contribution in [0.2, 0.25) is 0 Å². The standard InChI is InChI=1S/C13H29NO3/c1-6-13(15,7-2)11-14(8-9-16-4)12(3)10-17-5/h12,15H,6-11H2,1-5H3. The predicted octanol–water partition coefficient (Wildman–Crippen LogP) is 1.52. The molecule has 0 aromatic carbocycles. The Morgan fingerprint density at radius 2 is 1.76 bits per heavy atom. The summed E-state index contributed by atoms with van der Waals surface area (Å²) in [7, 11) is 3.40. The third kappa shape index (κ3) is 6.36. The van der Waals surface area contributed by atoms with Gasteiger partial charge in [-0.25, -0.2) is 0 Å². The van der Waals surface area contributed by atoms with Crippen molar-refractivity contribution < 1.29 is 14.6 Å². The molecule has 1 atom stereocenters. The number of hydrogen-bond donors (Lipinski definition) is 1. The molecule has 0 saturated heterocycles. The Hall–Kier alpha value is -0.160. The minimum atomic E-state index is -0.601. The Labute approximate surface area is 106 Å². The minimum absolute atomic E-state index is 0.291. The second kappa shape index (κ2) is 8.86. The molecular formula is C13H29NO3. The first-order chi connectivity index (χ1) is 8.02. The SMILES string of the molecule is CCC(O)(CC)CN(CCOC)C(C)COC. The maximum absolute atomic E-state index is 10.4. The van der Waals surface area contributed by atoms with Crippen molar-refractivity contribution >= 4 is 0 Å². The van der Waals surface area contributed by atoms with Gasteiger partial charge in [-0.1, -0.05) is 13.8 Å². The summed E-state index contributed by atoms with van der Waals surface area (Å²) in [5, 5.41) is 10.4. The van der Waals surface area contributed by atoms with Crippen molar-refractivity contribution in [2.45, 2.75) is 45.3 Å². The van der Waals surface area contributed by atoms with Gasteiger partial charge in [-0.15, -0.1) is 0 Å². The first-order valence-corrected chi connectivity index (χ1v) is 6.47. The van der Waals surface area contributed by atoms with Crippen LogP contribution in [0.4, 0.5) is 0 Å². The molecule has 0 spiro atoms. The van der Waals surface area contributed by atoms with Crippen LogP contribution in [-0.4, -0.2) is 62.2 Å². The summed E-state index contributed by atoms with van der Waals surface area (Å²) in [6.07, 6.45) is 1.54. The highest BCUT2D eigenvalue weighted by Gasteiger charge is 2.27. The quantitative estimate of drug-likeness (QED) is 0.635. The van der Waals surface area contributed by atoms with Crippen LogP contribution in [0, 0.1) is 0 Å². The maximum Gasteiger partial charge on any atom is 0.0769 e. The van der Waals surface area contributed by atoms with Gasteiger partial charge >= 0.3 is 0 Å². The zero-order chi connectivity index (χ0) is 13.3. The molecule has 104 valence electrons. The Morgan fingerprint density at radius 1 is 1.18 bits per heavy atom. The highest BCUT2D eigenvalue weighted by Crippen LogP contribution is 2.17. The second-order valence-electron chi connectivity index (χ2n) is 4.70. The molecule has 0 fully saturated rings. The van der Waals surface area contributed by atoms with Crippen LogP contribution in [-0.2, 0) is 9.47 Å². The van der Waals surface area contributed by atoms with Crippen molar-refractivity contribution in [2.75, 3.05) is 40.5 Å². The van der Waals surface area contributed by atoms with Crippen molar-refractivity contribution in [3.05, 3.63) is 0 Å². The fraction of sp³-hybridized carbons (Fsp3) is 1.00. The summed E-state index contributed by atoms with van der Waals surface area (Å²) < 4.78 is 10.3. The Balaban J connectivity index is 4.45. The largest absolute Gasteiger partial charge is 0.389 e. The summed E-state index contributed by atoms with van der Waals surface area (Å²) in [5.41, 5.74) is -0.601. The van der Waals surface area contributed by atoms with Crippen LogP contribution in [0.25, 0.3) is 0 Å². The third-order valence-electron chi connectivity index (χ3n) is 3.43. The van der Waals surface area contributed by atoms with Crippen LogP contribution in [0.15, 0.2) is 0 Å². The third-order valence-corrected chi connectivity index (χ3v) is 3.43. The first kappa shape index (κ1) is 16.8. The molecule has 0 amide bonds. The van der Waals surface area contributed by atoms with E-state index in [1.165, 1.54) is 0 Å². The van der Waals surface area contributed by atoms with E-state index in [4.69, 9.17) is 9.47 Å². The van der Waals surface area contributed by atoms with E-state index in [2.05, 4.69) is 11.8 Å². The molecule has 0 aliphatic carbocycles. The van der Waals surface area contributed by atoms with Gasteiger partial charge in [0.05, 0.1) is 18.8 Å². The van der Waals surface area contributed by atoms with Crippen molar-refractivity contribution in [1.29, 1.82) is 0 Å². The molecule has 0 heterocycles. The molecule has 17 heavy (non-hydrogen) atoms. The van der Waals surface area contributed by atoms with E-state index in [0.717, 1.165) is 19.4 Å². The average molecular weight is 247 g/mol. The van der Waals surface area contributed by atoms with Crippen molar-refractivity contribution in [1.82, 2.24) is 4.90 Å². The molecule has 1 unspecified atom stereocenters. The van der Waals surface area contributed by atoms with E-state index in [1.54, 1.807) is 14.2 Å². The van der Waals surface area contributed by atoms with Crippen molar-refractivity contribution in [2.24, 2.45) is 0 Å². The number of aliphatic hydroxyl groups is 1. The van der Waals surface area contributed by atoms with E-state index in [-0.39, 0.29) is 0 Å². The van der Waals surface area contributed by atoms with Gasteiger partial charge < -0.3 is 14.6 Å². The summed E-state index contributed by atoms with van der Waals surface area (Å²) in [5.74, 6) is 0. The topological polar surface area (TPSA) is 41.9 Å². The second-order valence-corrected chi connectivity index (χ2v) is 4.70. The van der Waals surface area contributed by atoms with Gasteiger partial charge in [-0.3, -0.25) is 4.90 Å². The van der Waals surface area contributed by atoms with Gasteiger partial charge in [0.15, 0.2) is 0 Å². The van der Waals surface area contributed by atoms with Crippen LogP contribution in [0.1, 0.15) is 33.6 Å². The monoisotopic (exact) mass is 247 g/mol. The zero-order valence-corrected chi connectivity index (χ0v) is 12.0. The molecule has 0 saturated carbocycles. The maximum atomic E-state index is 10.4. The van der Waals surface area contributed by atoms with Gasteiger partial charge in [0.25, 0.3) is 0 Å². The highest BCUT2D eigenvalue weighted by molar-refractivity contribution is 4.82. The first-order valence-electron chi connectivity index (χ1n) is 6.47. The fourth-order valence-electron chi connectivity index (χ4n) is 1.86. The normalized spacial score (nSPS) is 14.3. The molecule has 0 rings (SSSR count). The highest BCUT2D eigenvalue weighted by atomic mass is 16.5. The van der Waals surface area contributed by atoms with Crippen LogP contribution in [0.5, 0.6) is 0 Å². The predicted molar refractivity (Wildman–Crippen MR) is 70.3 cm³/mol. The molecular weight excluding hydrogens is 218 g/mol. The Bertz CT molecular complexity index is 184. The smallest absolute Gasteiger partial charge is 0.0769 e. The van der Waals surface area contributed by atoms with E-state index in [9.17, 15) is 5.11 Å². The number of ether oxygens (including phenoxy) is 2. The number of rotatable bonds is 10. The van der Waals surface area contributed by atoms with Gasteiger partial charge in [0.2, 0.25) is 0 Å². The number of hydrogen-bond acceptors (Lipinski definition) is 4. The summed E-state index contributed by atoms with van der Waals surface area (Å²) in [6, 6.07) is 0.291. The lowest BCUT2D eigenvalue weighted by atomic mass is 9.96. The molecule has 0 radical (unpaired) electrons. The van der Waals surface area contributed by atoms with Crippen LogP contribution >= 0.6 is 0 Å². The lowest BCUT2D eigenvalue weighted by Gasteiger charge is -2.36. The van der Waals surface area contributed by atoms with Gasteiger partial charge in [0, 0.05) is 33.4 Å². The Kier molecular flexibility index (Phi) is 8.78. The summed E-state index contributed by atoms with van der Waals surface area (Å²) >= 11 is 0. The molecule has 0 bridgehead atoms. The molecule has 4 nitrogen and oxygen atoms in total. The van der Waals surface area contributed by atoms with Gasteiger partial charge in [-0.05, 0) is 19.8 Å². The van der Waals surface area contributed by atoms with Gasteiger partial charge in [-0.2, -0.15) is 0 Å². The van der Waals surface area contributed by atoms with Gasteiger partial charge in [0.1, 0.15) is 0 Å². The molecule has 0 aliphatic rings. The van der Waals surface area contributed by atoms with E-state index in [0.29, 0.717) is 25.8 Å². The minimum Gasteiger partial charge on any atom is -0.389 e. The van der Waals surface area contributed by atoms with Crippen LogP contribution in [0.3, 0.4) is 0 Å². The summed E-state index contributed by atoms with van der Waals surface area (Å²) in [4.78, 5) is 2.24. The molecule has 0 aromatic rings. The lowest BCUT2D eigenvalue weighted by Crippen LogP contribution is -2.48. The number of methoxy groups -OCH3 is 2. The number of nitrogens with zero attached hydrogens (tertiary/aromatic N) is 1.